The lowest BCUT2D eigenvalue weighted by atomic mass is 9.66. The molecule has 0 aromatic rings. The molecule has 96 valence electrons. The molecule has 2 rings (SSSR count). The number of carbonyl (C=O) groups is 2. The molecule has 4 nitrogen and oxygen atoms in total. The zero-order valence-electron chi connectivity index (χ0n) is 10.2. The van der Waals surface area contributed by atoms with E-state index in [1.807, 2.05) is 0 Å². The van der Waals surface area contributed by atoms with Gasteiger partial charge in [0.05, 0.1) is 6.42 Å². The summed E-state index contributed by atoms with van der Waals surface area (Å²) in [7, 11) is 0. The first-order valence-corrected chi connectivity index (χ1v) is 6.61. The Balaban J connectivity index is 1.79. The van der Waals surface area contributed by atoms with E-state index in [9.17, 15) is 9.59 Å². The lowest BCUT2D eigenvalue weighted by molar-refractivity contribution is -0.142. The molecule has 0 spiro atoms. The average molecular weight is 239 g/mol. The van der Waals surface area contributed by atoms with Gasteiger partial charge in [-0.05, 0) is 31.1 Å². The summed E-state index contributed by atoms with van der Waals surface area (Å²) in [5.74, 6) is -0.434. The third-order valence-electron chi connectivity index (χ3n) is 4.30. The molecule has 0 aromatic heterocycles. The van der Waals surface area contributed by atoms with Crippen molar-refractivity contribution in [1.29, 1.82) is 0 Å². The third-order valence-corrected chi connectivity index (χ3v) is 4.30. The van der Waals surface area contributed by atoms with Crippen LogP contribution in [0.4, 0.5) is 0 Å². The highest BCUT2D eigenvalue weighted by Gasteiger charge is 2.39. The Bertz CT molecular complexity index is 304. The summed E-state index contributed by atoms with van der Waals surface area (Å²) >= 11 is 0. The average Bonchev–Trinajstić information content (AvgIpc) is 2.74. The number of carbonyl (C=O) groups excluding carboxylic acids is 1. The van der Waals surface area contributed by atoms with Gasteiger partial charge in [0.1, 0.15) is 0 Å². The van der Waals surface area contributed by atoms with Crippen molar-refractivity contribution in [3.8, 4) is 0 Å². The van der Waals surface area contributed by atoms with Crippen LogP contribution in [0.2, 0.25) is 0 Å². The van der Waals surface area contributed by atoms with E-state index in [-0.39, 0.29) is 23.7 Å². The van der Waals surface area contributed by atoms with Gasteiger partial charge < -0.3 is 10.4 Å². The smallest absolute Gasteiger partial charge is 0.303 e. The van der Waals surface area contributed by atoms with Crippen LogP contribution < -0.4 is 5.32 Å². The summed E-state index contributed by atoms with van der Waals surface area (Å²) in [4.78, 5) is 22.7. The molecule has 2 aliphatic carbocycles. The minimum absolute atomic E-state index is 0.138. The number of nitrogens with one attached hydrogen (secondary N) is 1. The van der Waals surface area contributed by atoms with Crippen LogP contribution in [0, 0.1) is 11.3 Å². The van der Waals surface area contributed by atoms with Gasteiger partial charge in [-0.25, -0.2) is 0 Å². The number of carboxylic acids is 1. The van der Waals surface area contributed by atoms with Crippen LogP contribution in [0.3, 0.4) is 0 Å². The van der Waals surface area contributed by atoms with Crippen molar-refractivity contribution in [3.63, 3.8) is 0 Å². The Kier molecular flexibility index (Phi) is 3.69. The molecule has 0 radical (unpaired) electrons. The number of amides is 1. The van der Waals surface area contributed by atoms with Gasteiger partial charge in [0, 0.05) is 12.5 Å². The second-order valence-corrected chi connectivity index (χ2v) is 5.62. The van der Waals surface area contributed by atoms with Gasteiger partial charge in [-0.3, -0.25) is 9.59 Å². The SMILES string of the molecule is O=C(O)CC1(CNC(=O)C2CCCC2)CCC1. The highest BCUT2D eigenvalue weighted by Crippen LogP contribution is 2.43. The molecule has 2 fully saturated rings. The number of rotatable bonds is 5. The third kappa shape index (κ3) is 2.99. The maximum absolute atomic E-state index is 11.9. The van der Waals surface area contributed by atoms with E-state index < -0.39 is 5.97 Å². The first kappa shape index (κ1) is 12.4. The molecule has 0 aromatic carbocycles. The van der Waals surface area contributed by atoms with Crippen LogP contribution in [0.15, 0.2) is 0 Å². The fraction of sp³-hybridized carbons (Fsp3) is 0.846. The van der Waals surface area contributed by atoms with Gasteiger partial charge in [0.25, 0.3) is 0 Å². The molecule has 1 amide bonds. The highest BCUT2D eigenvalue weighted by atomic mass is 16.4. The van der Waals surface area contributed by atoms with Crippen molar-refractivity contribution in [1.82, 2.24) is 5.32 Å². The normalized spacial score (nSPS) is 23.1. The standard InChI is InChI=1S/C13H21NO3/c15-11(16)8-13(6-3-7-13)9-14-12(17)10-4-1-2-5-10/h10H,1-9H2,(H,14,17)(H,15,16). The van der Waals surface area contributed by atoms with Gasteiger partial charge in [0.15, 0.2) is 0 Å². The molecule has 17 heavy (non-hydrogen) atoms. The second-order valence-electron chi connectivity index (χ2n) is 5.62. The minimum atomic E-state index is -0.750. The number of carboxylic acid groups (broad SMARTS) is 1. The van der Waals surface area contributed by atoms with Crippen LogP contribution in [-0.4, -0.2) is 23.5 Å². The lowest BCUT2D eigenvalue weighted by Gasteiger charge is -2.41. The topological polar surface area (TPSA) is 66.4 Å². The highest BCUT2D eigenvalue weighted by molar-refractivity contribution is 5.79. The maximum atomic E-state index is 11.9. The summed E-state index contributed by atoms with van der Waals surface area (Å²) in [5.41, 5.74) is -0.153. The predicted molar refractivity (Wildman–Crippen MR) is 63.5 cm³/mol. The molecule has 0 atom stereocenters. The molecule has 0 unspecified atom stereocenters. The van der Waals surface area contributed by atoms with Crippen molar-refractivity contribution in [2.75, 3.05) is 6.54 Å². The Labute approximate surface area is 102 Å². The molecule has 0 bridgehead atoms. The first-order chi connectivity index (χ1) is 8.11. The summed E-state index contributed by atoms with van der Waals surface area (Å²) in [6.45, 7) is 0.550. The van der Waals surface area contributed by atoms with Crippen LogP contribution in [-0.2, 0) is 9.59 Å². The van der Waals surface area contributed by atoms with E-state index in [1.165, 1.54) is 0 Å². The van der Waals surface area contributed by atoms with Gasteiger partial charge in [0.2, 0.25) is 5.91 Å². The maximum Gasteiger partial charge on any atom is 0.303 e. The minimum Gasteiger partial charge on any atom is -0.481 e. The first-order valence-electron chi connectivity index (χ1n) is 6.61. The van der Waals surface area contributed by atoms with Crippen LogP contribution in [0.1, 0.15) is 51.4 Å². The van der Waals surface area contributed by atoms with E-state index in [4.69, 9.17) is 5.11 Å². The van der Waals surface area contributed by atoms with E-state index in [2.05, 4.69) is 5.32 Å². The molecular weight excluding hydrogens is 218 g/mol. The predicted octanol–water partition coefficient (Wildman–Crippen LogP) is 1.94. The quantitative estimate of drug-likeness (QED) is 0.770. The van der Waals surface area contributed by atoms with Gasteiger partial charge in [-0.1, -0.05) is 19.3 Å². The molecule has 4 heteroatoms. The molecule has 0 heterocycles. The number of aliphatic carboxylic acids is 1. The van der Waals surface area contributed by atoms with E-state index >= 15 is 0 Å². The van der Waals surface area contributed by atoms with E-state index in [0.29, 0.717) is 6.54 Å². The van der Waals surface area contributed by atoms with Crippen LogP contribution in [0.25, 0.3) is 0 Å². The van der Waals surface area contributed by atoms with Crippen molar-refractivity contribution >= 4 is 11.9 Å². The van der Waals surface area contributed by atoms with E-state index in [0.717, 1.165) is 44.9 Å². The molecule has 0 aliphatic heterocycles. The Hall–Kier alpha value is -1.06. The van der Waals surface area contributed by atoms with Crippen LogP contribution in [0.5, 0.6) is 0 Å². The lowest BCUT2D eigenvalue weighted by Crippen LogP contribution is -2.44. The van der Waals surface area contributed by atoms with Crippen molar-refractivity contribution in [3.05, 3.63) is 0 Å². The molecule has 2 N–H and O–H groups in total. The van der Waals surface area contributed by atoms with Crippen molar-refractivity contribution in [2.45, 2.75) is 51.4 Å². The fourth-order valence-corrected chi connectivity index (χ4v) is 3.02. The summed E-state index contributed by atoms with van der Waals surface area (Å²) in [6.07, 6.45) is 7.45. The number of hydrogen-bond donors (Lipinski definition) is 2. The van der Waals surface area contributed by atoms with Crippen LogP contribution >= 0.6 is 0 Å². The zero-order chi connectivity index (χ0) is 12.3. The molecule has 2 aliphatic rings. The fourth-order valence-electron chi connectivity index (χ4n) is 3.02. The van der Waals surface area contributed by atoms with Crippen molar-refractivity contribution in [2.24, 2.45) is 11.3 Å². The second kappa shape index (κ2) is 5.07. The molecule has 2 saturated carbocycles. The zero-order valence-corrected chi connectivity index (χ0v) is 10.2. The number of hydrogen-bond acceptors (Lipinski definition) is 2. The molecular formula is C13H21NO3. The van der Waals surface area contributed by atoms with Gasteiger partial charge >= 0.3 is 5.97 Å². The van der Waals surface area contributed by atoms with Gasteiger partial charge in [-0.2, -0.15) is 0 Å². The van der Waals surface area contributed by atoms with Gasteiger partial charge in [-0.15, -0.1) is 0 Å². The Morgan fingerprint density at radius 1 is 1.18 bits per heavy atom. The monoisotopic (exact) mass is 239 g/mol. The summed E-state index contributed by atoms with van der Waals surface area (Å²) in [6, 6.07) is 0. The summed E-state index contributed by atoms with van der Waals surface area (Å²) in [5, 5.41) is 11.8. The van der Waals surface area contributed by atoms with Crippen molar-refractivity contribution < 1.29 is 14.7 Å². The Morgan fingerprint density at radius 2 is 1.82 bits per heavy atom. The summed E-state index contributed by atoms with van der Waals surface area (Å²) < 4.78 is 0. The Morgan fingerprint density at radius 3 is 2.29 bits per heavy atom. The molecule has 0 saturated heterocycles. The van der Waals surface area contributed by atoms with E-state index in [1.54, 1.807) is 0 Å². The largest absolute Gasteiger partial charge is 0.481 e.